The van der Waals surface area contributed by atoms with Crippen LogP contribution in [0.2, 0.25) is 0 Å². The second kappa shape index (κ2) is 10.8. The van der Waals surface area contributed by atoms with Crippen molar-refractivity contribution in [3.05, 3.63) is 120 Å². The van der Waals surface area contributed by atoms with Gasteiger partial charge in [-0.1, -0.05) is 97.1 Å². The van der Waals surface area contributed by atoms with Crippen LogP contribution >= 0.6 is 0 Å². The Morgan fingerprint density at radius 2 is 1.38 bits per heavy atom. The zero-order chi connectivity index (χ0) is 20.4. The lowest BCUT2D eigenvalue weighted by Gasteiger charge is -2.42. The third kappa shape index (κ3) is 5.03. The molecule has 3 aromatic carbocycles. The molecule has 0 saturated carbocycles. The molecule has 0 aliphatic heterocycles. The molecule has 1 unspecified atom stereocenters. The van der Waals surface area contributed by atoms with Crippen molar-refractivity contribution in [2.24, 2.45) is 0 Å². The largest absolute Gasteiger partial charge is 0.364 e. The van der Waals surface area contributed by atoms with Crippen molar-refractivity contribution in [2.75, 3.05) is 13.2 Å². The fourth-order valence-corrected chi connectivity index (χ4v) is 4.07. The van der Waals surface area contributed by atoms with Crippen LogP contribution < -0.4 is 5.32 Å². The SMILES string of the molecule is C=CCNC(CCc1ccccc1)C(OCC)(c1ccccc1)c1ccccc1. The molecule has 0 bridgehead atoms. The summed E-state index contributed by atoms with van der Waals surface area (Å²) in [6, 6.07) is 31.9. The van der Waals surface area contributed by atoms with Crippen molar-refractivity contribution >= 4 is 0 Å². The van der Waals surface area contributed by atoms with Crippen LogP contribution in [0.15, 0.2) is 104 Å². The van der Waals surface area contributed by atoms with Crippen molar-refractivity contribution in [1.29, 1.82) is 0 Å². The number of hydrogen-bond acceptors (Lipinski definition) is 2. The van der Waals surface area contributed by atoms with Crippen LogP contribution in [0.25, 0.3) is 0 Å². The molecule has 0 amide bonds. The van der Waals surface area contributed by atoms with E-state index in [-0.39, 0.29) is 6.04 Å². The molecule has 3 rings (SSSR count). The highest BCUT2D eigenvalue weighted by atomic mass is 16.5. The molecule has 0 fully saturated rings. The van der Waals surface area contributed by atoms with Crippen LogP contribution in [-0.2, 0) is 16.8 Å². The molecule has 150 valence electrons. The second-order valence-electron chi connectivity index (χ2n) is 7.17. The second-order valence-corrected chi connectivity index (χ2v) is 7.17. The zero-order valence-corrected chi connectivity index (χ0v) is 17.3. The smallest absolute Gasteiger partial charge is 0.133 e. The molecular weight excluding hydrogens is 354 g/mol. The van der Waals surface area contributed by atoms with Crippen LogP contribution in [0.5, 0.6) is 0 Å². The van der Waals surface area contributed by atoms with E-state index in [2.05, 4.69) is 110 Å². The highest BCUT2D eigenvalue weighted by Gasteiger charge is 2.42. The quantitative estimate of drug-likeness (QED) is 0.425. The summed E-state index contributed by atoms with van der Waals surface area (Å²) in [5.74, 6) is 0. The van der Waals surface area contributed by atoms with E-state index >= 15 is 0 Å². The first-order valence-corrected chi connectivity index (χ1v) is 10.4. The summed E-state index contributed by atoms with van der Waals surface area (Å²) in [6.07, 6.45) is 3.84. The fourth-order valence-electron chi connectivity index (χ4n) is 4.07. The maximum Gasteiger partial charge on any atom is 0.133 e. The monoisotopic (exact) mass is 385 g/mol. The van der Waals surface area contributed by atoms with E-state index in [9.17, 15) is 0 Å². The maximum atomic E-state index is 6.65. The Morgan fingerprint density at radius 3 is 1.86 bits per heavy atom. The minimum atomic E-state index is -0.574. The Labute approximate surface area is 175 Å². The molecule has 1 N–H and O–H groups in total. The molecule has 0 saturated heterocycles. The van der Waals surface area contributed by atoms with Gasteiger partial charge in [-0.2, -0.15) is 0 Å². The average molecular weight is 386 g/mol. The molecule has 0 spiro atoms. The van der Waals surface area contributed by atoms with Crippen molar-refractivity contribution in [3.63, 3.8) is 0 Å². The van der Waals surface area contributed by atoms with E-state index in [1.165, 1.54) is 16.7 Å². The predicted octanol–water partition coefficient (Wildman–Crippen LogP) is 5.74. The van der Waals surface area contributed by atoms with Gasteiger partial charge in [0.05, 0.1) is 0 Å². The lowest BCUT2D eigenvalue weighted by Crippen LogP contribution is -2.51. The minimum absolute atomic E-state index is 0.0884. The summed E-state index contributed by atoms with van der Waals surface area (Å²) >= 11 is 0. The van der Waals surface area contributed by atoms with Crippen LogP contribution in [0.4, 0.5) is 0 Å². The normalized spacial score (nSPS) is 12.4. The topological polar surface area (TPSA) is 21.3 Å². The summed E-state index contributed by atoms with van der Waals surface area (Å²) in [7, 11) is 0. The van der Waals surface area contributed by atoms with Gasteiger partial charge in [0.15, 0.2) is 0 Å². The van der Waals surface area contributed by atoms with Gasteiger partial charge in [0.2, 0.25) is 0 Å². The Morgan fingerprint density at radius 1 is 0.862 bits per heavy atom. The van der Waals surface area contributed by atoms with E-state index in [0.717, 1.165) is 19.4 Å². The lowest BCUT2D eigenvalue weighted by atomic mass is 9.77. The summed E-state index contributed by atoms with van der Waals surface area (Å²) < 4.78 is 6.65. The van der Waals surface area contributed by atoms with Gasteiger partial charge >= 0.3 is 0 Å². The maximum absolute atomic E-state index is 6.65. The lowest BCUT2D eigenvalue weighted by molar-refractivity contribution is -0.0412. The first-order valence-electron chi connectivity index (χ1n) is 10.4. The molecule has 0 aliphatic rings. The summed E-state index contributed by atoms with van der Waals surface area (Å²) in [6.45, 7) is 7.35. The number of nitrogens with one attached hydrogen (secondary N) is 1. The van der Waals surface area contributed by atoms with Gasteiger partial charge in [-0.3, -0.25) is 0 Å². The van der Waals surface area contributed by atoms with E-state index < -0.39 is 5.60 Å². The predicted molar refractivity (Wildman–Crippen MR) is 122 cm³/mol. The number of rotatable bonds is 11. The van der Waals surface area contributed by atoms with Crippen molar-refractivity contribution in [3.8, 4) is 0 Å². The molecule has 0 radical (unpaired) electrons. The van der Waals surface area contributed by atoms with Gasteiger partial charge in [0, 0.05) is 19.2 Å². The van der Waals surface area contributed by atoms with Gasteiger partial charge in [0.1, 0.15) is 5.60 Å². The van der Waals surface area contributed by atoms with Crippen LogP contribution in [0.3, 0.4) is 0 Å². The molecular formula is C27H31NO. The van der Waals surface area contributed by atoms with Gasteiger partial charge in [0.25, 0.3) is 0 Å². The van der Waals surface area contributed by atoms with Crippen LogP contribution in [0, 0.1) is 0 Å². The van der Waals surface area contributed by atoms with E-state index in [4.69, 9.17) is 4.74 Å². The Balaban J connectivity index is 2.07. The van der Waals surface area contributed by atoms with Crippen molar-refractivity contribution in [1.82, 2.24) is 5.32 Å². The van der Waals surface area contributed by atoms with Gasteiger partial charge in [-0.05, 0) is 36.5 Å². The standard InChI is InChI=1S/C27H31NO/c1-3-22-28-26(21-20-23-14-8-5-9-15-23)27(29-4-2,24-16-10-6-11-17-24)25-18-12-7-13-19-25/h3,5-19,26,28H,1,4,20-22H2,2H3. The van der Waals surface area contributed by atoms with E-state index in [0.29, 0.717) is 6.61 Å². The van der Waals surface area contributed by atoms with Crippen molar-refractivity contribution in [2.45, 2.75) is 31.4 Å². The third-order valence-electron chi connectivity index (χ3n) is 5.34. The summed E-state index contributed by atoms with van der Waals surface area (Å²) in [5.41, 5.74) is 3.10. The molecule has 0 aliphatic carbocycles. The molecule has 0 heterocycles. The Hall–Kier alpha value is -2.68. The fraction of sp³-hybridized carbons (Fsp3) is 0.259. The van der Waals surface area contributed by atoms with Gasteiger partial charge in [-0.15, -0.1) is 6.58 Å². The van der Waals surface area contributed by atoms with Crippen LogP contribution in [0.1, 0.15) is 30.0 Å². The van der Waals surface area contributed by atoms with Gasteiger partial charge < -0.3 is 10.1 Å². The highest BCUT2D eigenvalue weighted by Crippen LogP contribution is 2.39. The summed E-state index contributed by atoms with van der Waals surface area (Å²) in [4.78, 5) is 0. The first-order chi connectivity index (χ1) is 14.3. The average Bonchev–Trinajstić information content (AvgIpc) is 2.80. The van der Waals surface area contributed by atoms with Crippen molar-refractivity contribution < 1.29 is 4.74 Å². The molecule has 1 atom stereocenters. The molecule has 2 heteroatoms. The highest BCUT2D eigenvalue weighted by molar-refractivity contribution is 5.39. The zero-order valence-electron chi connectivity index (χ0n) is 17.3. The molecule has 29 heavy (non-hydrogen) atoms. The number of aryl methyl sites for hydroxylation is 1. The molecule has 2 nitrogen and oxygen atoms in total. The summed E-state index contributed by atoms with van der Waals surface area (Å²) in [5, 5.41) is 3.72. The third-order valence-corrected chi connectivity index (χ3v) is 5.34. The molecule has 3 aromatic rings. The minimum Gasteiger partial charge on any atom is -0.364 e. The Bertz CT molecular complexity index is 806. The number of hydrogen-bond donors (Lipinski definition) is 1. The van der Waals surface area contributed by atoms with Gasteiger partial charge in [-0.25, -0.2) is 0 Å². The number of ether oxygens (including phenoxy) is 1. The van der Waals surface area contributed by atoms with E-state index in [1.54, 1.807) is 0 Å². The number of benzene rings is 3. The van der Waals surface area contributed by atoms with E-state index in [1.807, 2.05) is 6.08 Å². The first kappa shape index (κ1) is 21.0. The molecule has 0 aromatic heterocycles. The van der Waals surface area contributed by atoms with Crippen LogP contribution in [-0.4, -0.2) is 19.2 Å². The Kier molecular flexibility index (Phi) is 7.80.